The number of benzene rings is 1. The first-order valence-electron chi connectivity index (χ1n) is 5.25. The Morgan fingerprint density at radius 3 is 2.24 bits per heavy atom. The molecule has 0 aliphatic heterocycles. The molecule has 0 amide bonds. The molecule has 0 spiro atoms. The molecule has 1 aromatic carbocycles. The van der Waals surface area contributed by atoms with E-state index in [1.165, 1.54) is 5.56 Å². The van der Waals surface area contributed by atoms with Crippen molar-refractivity contribution in [3.05, 3.63) is 42.3 Å². The number of hydrogen-bond acceptors (Lipinski definition) is 2. The summed E-state index contributed by atoms with van der Waals surface area (Å²) in [7, 11) is 1.70. The van der Waals surface area contributed by atoms with Gasteiger partial charge in [0.05, 0.1) is 18.8 Å². The van der Waals surface area contributed by atoms with E-state index in [0.29, 0.717) is 6.61 Å². The minimum Gasteiger partial charge on any atom is -1.00 e. The Morgan fingerprint density at radius 1 is 1.12 bits per heavy atom. The largest absolute Gasteiger partial charge is 1.00 e. The monoisotopic (exact) mass is 444 g/mol. The first kappa shape index (κ1) is 19.7. The third-order valence-corrected chi connectivity index (χ3v) is 2.27. The molecular weight excluding hydrogens is 424 g/mol. The second-order valence-electron chi connectivity index (χ2n) is 3.63. The first-order valence-corrected chi connectivity index (χ1v) is 5.25. The summed E-state index contributed by atoms with van der Waals surface area (Å²) in [5.41, 5.74) is 1.20. The zero-order valence-corrected chi connectivity index (χ0v) is 17.0. The van der Waals surface area contributed by atoms with Crippen molar-refractivity contribution >= 4 is 0 Å². The van der Waals surface area contributed by atoms with Crippen LogP contribution in [0.3, 0.4) is 0 Å². The summed E-state index contributed by atoms with van der Waals surface area (Å²) in [6, 6.07) is 10.2. The molecule has 17 heavy (non-hydrogen) atoms. The SMILES string of the molecule is CO[C@@H](C)[CH][C@H](C)OCc1ccccc1.[Cl-].[Hg+]. The molecule has 92 valence electrons. The van der Waals surface area contributed by atoms with Gasteiger partial charge in [-0.05, 0) is 19.4 Å². The van der Waals surface area contributed by atoms with Crippen LogP contribution in [-0.4, -0.2) is 19.3 Å². The number of hydrogen-bond donors (Lipinski definition) is 0. The Labute approximate surface area is 131 Å². The molecule has 0 unspecified atom stereocenters. The molecule has 0 saturated heterocycles. The Balaban J connectivity index is 0. The quantitative estimate of drug-likeness (QED) is 0.569. The molecule has 0 bridgehead atoms. The van der Waals surface area contributed by atoms with Crippen molar-refractivity contribution < 1.29 is 49.5 Å². The van der Waals surface area contributed by atoms with Crippen LogP contribution in [0.4, 0.5) is 0 Å². The van der Waals surface area contributed by atoms with Gasteiger partial charge in [0.1, 0.15) is 0 Å². The minimum absolute atomic E-state index is 0. The predicted octanol–water partition coefficient (Wildman–Crippen LogP) is -0.168. The van der Waals surface area contributed by atoms with Crippen molar-refractivity contribution in [1.29, 1.82) is 0 Å². The molecule has 0 fully saturated rings. The van der Waals surface area contributed by atoms with Gasteiger partial charge in [0.25, 0.3) is 0 Å². The van der Waals surface area contributed by atoms with Gasteiger partial charge in [-0.2, -0.15) is 0 Å². The summed E-state index contributed by atoms with van der Waals surface area (Å²) in [5, 5.41) is 0. The first-order chi connectivity index (χ1) is 7.22. The zero-order chi connectivity index (χ0) is 11.1. The van der Waals surface area contributed by atoms with E-state index in [1.807, 2.05) is 38.5 Å². The average molecular weight is 443 g/mol. The topological polar surface area (TPSA) is 18.5 Å². The van der Waals surface area contributed by atoms with Gasteiger partial charge in [0, 0.05) is 13.5 Å². The summed E-state index contributed by atoms with van der Waals surface area (Å²) in [5.74, 6) is 0. The number of rotatable bonds is 6. The molecule has 1 rings (SSSR count). The molecule has 2 nitrogen and oxygen atoms in total. The molecule has 0 saturated carbocycles. The van der Waals surface area contributed by atoms with Gasteiger partial charge in [-0.25, -0.2) is 0 Å². The van der Waals surface area contributed by atoms with Crippen LogP contribution in [0.2, 0.25) is 0 Å². The molecule has 0 N–H and O–H groups in total. The summed E-state index contributed by atoms with van der Waals surface area (Å²) < 4.78 is 10.8. The van der Waals surface area contributed by atoms with Gasteiger partial charge in [0.2, 0.25) is 0 Å². The fraction of sp³-hybridized carbons (Fsp3) is 0.462. The van der Waals surface area contributed by atoms with Crippen LogP contribution in [0.5, 0.6) is 0 Å². The van der Waals surface area contributed by atoms with E-state index in [1.54, 1.807) is 7.11 Å². The van der Waals surface area contributed by atoms with E-state index in [9.17, 15) is 0 Å². The van der Waals surface area contributed by atoms with Crippen LogP contribution >= 0.6 is 0 Å². The molecule has 4 heteroatoms. The van der Waals surface area contributed by atoms with Crippen LogP contribution < -0.4 is 12.4 Å². The molecular formula is C13H19ClHgO2. The Bertz CT molecular complexity index is 269. The van der Waals surface area contributed by atoms with Crippen molar-refractivity contribution in [2.24, 2.45) is 0 Å². The van der Waals surface area contributed by atoms with E-state index >= 15 is 0 Å². The minimum atomic E-state index is 0. The molecule has 0 aliphatic carbocycles. The molecule has 1 aromatic rings. The van der Waals surface area contributed by atoms with Crippen LogP contribution in [0.25, 0.3) is 0 Å². The Morgan fingerprint density at radius 2 is 1.71 bits per heavy atom. The average Bonchev–Trinajstić information content (AvgIpc) is 2.27. The van der Waals surface area contributed by atoms with Crippen molar-refractivity contribution in [3.63, 3.8) is 0 Å². The summed E-state index contributed by atoms with van der Waals surface area (Å²) in [6.07, 6.45) is 2.29. The van der Waals surface area contributed by atoms with Crippen LogP contribution in [-0.2, 0) is 43.7 Å². The normalized spacial score (nSPS) is 13.1. The van der Waals surface area contributed by atoms with Crippen molar-refractivity contribution in [2.45, 2.75) is 32.7 Å². The standard InChI is InChI=1S/C13H19O2.ClH.Hg/c1-11(14-3)9-12(2)15-10-13-7-5-4-6-8-13;;/h4-9,11-12H,10H2,1-3H3;1H;/q;;+1/p-1/t11-,12-;;/m0../s1. The smallest absolute Gasteiger partial charge is 1.00 e. The number of methoxy groups -OCH3 is 1. The maximum absolute atomic E-state index is 5.66. The third-order valence-electron chi connectivity index (χ3n) is 2.27. The number of ether oxygens (including phenoxy) is 2. The fourth-order valence-corrected chi connectivity index (χ4v) is 1.32. The van der Waals surface area contributed by atoms with Crippen LogP contribution in [0.15, 0.2) is 30.3 Å². The summed E-state index contributed by atoms with van der Waals surface area (Å²) >= 11 is 0. The van der Waals surface area contributed by atoms with Gasteiger partial charge in [-0.15, -0.1) is 0 Å². The van der Waals surface area contributed by atoms with Crippen molar-refractivity contribution in [3.8, 4) is 0 Å². The molecule has 0 aliphatic rings. The van der Waals surface area contributed by atoms with Gasteiger partial charge in [-0.3, -0.25) is 0 Å². The van der Waals surface area contributed by atoms with Crippen molar-refractivity contribution in [2.75, 3.05) is 7.11 Å². The second kappa shape index (κ2) is 11.5. The molecule has 2 atom stereocenters. The van der Waals surface area contributed by atoms with Gasteiger partial charge < -0.3 is 21.9 Å². The van der Waals surface area contributed by atoms with Gasteiger partial charge in [-0.1, -0.05) is 30.3 Å². The predicted molar refractivity (Wildman–Crippen MR) is 61.5 cm³/mol. The fourth-order valence-electron chi connectivity index (χ4n) is 1.32. The zero-order valence-electron chi connectivity index (χ0n) is 10.7. The van der Waals surface area contributed by atoms with Crippen LogP contribution in [0, 0.1) is 6.42 Å². The van der Waals surface area contributed by atoms with Gasteiger partial charge in [0.15, 0.2) is 0 Å². The molecule has 0 heterocycles. The van der Waals surface area contributed by atoms with Gasteiger partial charge >= 0.3 is 27.7 Å². The summed E-state index contributed by atoms with van der Waals surface area (Å²) in [6.45, 7) is 4.68. The maximum atomic E-state index is 5.66. The summed E-state index contributed by atoms with van der Waals surface area (Å²) in [4.78, 5) is 0. The second-order valence-corrected chi connectivity index (χ2v) is 3.63. The maximum Gasteiger partial charge on any atom is 1.00 e. The van der Waals surface area contributed by atoms with E-state index in [4.69, 9.17) is 9.47 Å². The van der Waals surface area contributed by atoms with Crippen molar-refractivity contribution in [1.82, 2.24) is 0 Å². The Hall–Kier alpha value is 0.365. The Kier molecular flexibility index (Phi) is 13.3. The van der Waals surface area contributed by atoms with E-state index < -0.39 is 0 Å². The molecule has 2 radical (unpaired) electrons. The molecule has 0 aromatic heterocycles. The van der Waals surface area contributed by atoms with E-state index in [-0.39, 0.29) is 52.3 Å². The van der Waals surface area contributed by atoms with E-state index in [0.717, 1.165) is 0 Å². The third kappa shape index (κ3) is 9.01. The van der Waals surface area contributed by atoms with E-state index in [2.05, 4.69) is 12.1 Å². The van der Waals surface area contributed by atoms with Crippen LogP contribution in [0.1, 0.15) is 19.4 Å². The number of halogens is 1.